The van der Waals surface area contributed by atoms with Gasteiger partial charge in [0.25, 0.3) is 0 Å². The van der Waals surface area contributed by atoms with Crippen LogP contribution in [0.5, 0.6) is 0 Å². The highest BCUT2D eigenvalue weighted by Gasteiger charge is 2.60. The van der Waals surface area contributed by atoms with Gasteiger partial charge in [0.1, 0.15) is 6.10 Å². The Balaban J connectivity index is 1.51. The van der Waals surface area contributed by atoms with Gasteiger partial charge in [0.15, 0.2) is 0 Å². The third-order valence-corrected chi connectivity index (χ3v) is 10.6. The molecule has 0 heterocycles. The standard InChI is InChI=1S/C28H48O2/c1-18(2)8-7-9-19(3)21-12-13-22-20-10-11-24-26(29)25(30-6)15-17-28(24,5)23(20)14-16-27(21,22)4/h11,18-23,25-26,29H,7-10,12-17H2,1-6H3/t19-,20+,21?,22?,23?,25+,26-,27-,28-/m1/s1. The van der Waals surface area contributed by atoms with Gasteiger partial charge in [-0.25, -0.2) is 0 Å². The summed E-state index contributed by atoms with van der Waals surface area (Å²) in [6.07, 6.45) is 15.3. The van der Waals surface area contributed by atoms with Crippen molar-refractivity contribution in [2.45, 2.75) is 111 Å². The van der Waals surface area contributed by atoms with Crippen LogP contribution in [0.4, 0.5) is 0 Å². The van der Waals surface area contributed by atoms with Crippen molar-refractivity contribution in [1.82, 2.24) is 0 Å². The Morgan fingerprint density at radius 1 is 1.03 bits per heavy atom. The molecule has 3 fully saturated rings. The van der Waals surface area contributed by atoms with Crippen molar-refractivity contribution in [2.24, 2.45) is 46.3 Å². The van der Waals surface area contributed by atoms with E-state index in [1.54, 1.807) is 7.11 Å². The molecule has 2 nitrogen and oxygen atoms in total. The lowest BCUT2D eigenvalue weighted by Gasteiger charge is -2.59. The van der Waals surface area contributed by atoms with Crippen LogP contribution in [0.1, 0.15) is 98.8 Å². The number of fused-ring (bicyclic) bond motifs is 5. The smallest absolute Gasteiger partial charge is 0.102 e. The minimum absolute atomic E-state index is 0.00252. The van der Waals surface area contributed by atoms with Crippen LogP contribution in [0, 0.1) is 46.3 Å². The van der Waals surface area contributed by atoms with E-state index in [9.17, 15) is 5.11 Å². The molecule has 0 aliphatic heterocycles. The summed E-state index contributed by atoms with van der Waals surface area (Å²) in [5, 5.41) is 11.0. The first-order chi connectivity index (χ1) is 14.2. The Bertz CT molecular complexity index is 639. The summed E-state index contributed by atoms with van der Waals surface area (Å²) in [7, 11) is 1.76. The Labute approximate surface area is 186 Å². The highest BCUT2D eigenvalue weighted by molar-refractivity contribution is 5.29. The van der Waals surface area contributed by atoms with Crippen molar-refractivity contribution in [3.63, 3.8) is 0 Å². The zero-order valence-electron chi connectivity index (χ0n) is 20.6. The highest BCUT2D eigenvalue weighted by Crippen LogP contribution is 2.67. The molecule has 1 N–H and O–H groups in total. The van der Waals surface area contributed by atoms with Gasteiger partial charge in [0.05, 0.1) is 6.10 Å². The number of rotatable bonds is 6. The molecule has 30 heavy (non-hydrogen) atoms. The number of aliphatic hydroxyl groups is 1. The van der Waals surface area contributed by atoms with Crippen molar-refractivity contribution in [1.29, 1.82) is 0 Å². The maximum absolute atomic E-state index is 11.0. The van der Waals surface area contributed by atoms with Crippen molar-refractivity contribution in [3.8, 4) is 0 Å². The van der Waals surface area contributed by atoms with E-state index < -0.39 is 0 Å². The molecule has 4 rings (SSSR count). The average molecular weight is 417 g/mol. The topological polar surface area (TPSA) is 29.5 Å². The molecule has 0 aromatic rings. The summed E-state index contributed by atoms with van der Waals surface area (Å²) < 4.78 is 5.62. The van der Waals surface area contributed by atoms with Gasteiger partial charge in [-0.15, -0.1) is 0 Å². The average Bonchev–Trinajstić information content (AvgIpc) is 3.05. The van der Waals surface area contributed by atoms with Crippen LogP contribution in [0.3, 0.4) is 0 Å². The number of hydrogen-bond donors (Lipinski definition) is 1. The first kappa shape index (κ1) is 22.8. The molecule has 4 aliphatic carbocycles. The fourth-order valence-corrected chi connectivity index (χ4v) is 8.98. The van der Waals surface area contributed by atoms with Gasteiger partial charge in [0.2, 0.25) is 0 Å². The second kappa shape index (κ2) is 8.54. The molecule has 9 atom stereocenters. The molecule has 0 aromatic heterocycles. The largest absolute Gasteiger partial charge is 0.386 e. The summed E-state index contributed by atoms with van der Waals surface area (Å²) in [4.78, 5) is 0. The monoisotopic (exact) mass is 416 g/mol. The normalized spacial score (nSPS) is 46.7. The van der Waals surface area contributed by atoms with Gasteiger partial charge in [0, 0.05) is 7.11 Å². The molecule has 0 aromatic carbocycles. The van der Waals surface area contributed by atoms with Crippen LogP contribution >= 0.6 is 0 Å². The van der Waals surface area contributed by atoms with Crippen LogP contribution < -0.4 is 0 Å². The predicted octanol–water partition coefficient (Wildman–Crippen LogP) is 7.01. The van der Waals surface area contributed by atoms with E-state index in [-0.39, 0.29) is 17.6 Å². The van der Waals surface area contributed by atoms with Crippen molar-refractivity contribution in [2.75, 3.05) is 7.11 Å². The summed E-state index contributed by atoms with van der Waals surface area (Å²) >= 11 is 0. The SMILES string of the molecule is CO[C@H]1CC[C@@]2(C)C(=CC[C@H]3C4CCC([C@H](C)CCCC(C)C)[C@@]4(C)CCC32)[C@H]1O. The quantitative estimate of drug-likeness (QED) is 0.472. The maximum Gasteiger partial charge on any atom is 0.102 e. The molecular formula is C28H48O2. The van der Waals surface area contributed by atoms with Gasteiger partial charge in [-0.05, 0) is 96.9 Å². The molecule has 4 aliphatic rings. The lowest BCUT2D eigenvalue weighted by atomic mass is 9.46. The first-order valence-electron chi connectivity index (χ1n) is 13.1. The molecule has 2 heteroatoms. The molecule has 0 amide bonds. The Morgan fingerprint density at radius 2 is 1.80 bits per heavy atom. The van der Waals surface area contributed by atoms with Gasteiger partial charge >= 0.3 is 0 Å². The van der Waals surface area contributed by atoms with Crippen molar-refractivity contribution >= 4 is 0 Å². The van der Waals surface area contributed by atoms with E-state index >= 15 is 0 Å². The second-order valence-corrected chi connectivity index (χ2v) is 12.5. The number of ether oxygens (including phenoxy) is 1. The lowest BCUT2D eigenvalue weighted by molar-refractivity contribution is -0.0879. The van der Waals surface area contributed by atoms with Gasteiger partial charge in [-0.3, -0.25) is 0 Å². The van der Waals surface area contributed by atoms with Gasteiger partial charge in [-0.2, -0.15) is 0 Å². The van der Waals surface area contributed by atoms with Gasteiger partial charge < -0.3 is 9.84 Å². The maximum atomic E-state index is 11.0. The van der Waals surface area contributed by atoms with Crippen LogP contribution in [-0.4, -0.2) is 24.4 Å². The summed E-state index contributed by atoms with van der Waals surface area (Å²) in [6.45, 7) is 12.4. The molecule has 172 valence electrons. The number of aliphatic hydroxyl groups excluding tert-OH is 1. The molecule has 3 unspecified atom stereocenters. The molecule has 3 saturated carbocycles. The number of methoxy groups -OCH3 is 1. The van der Waals surface area contributed by atoms with E-state index in [1.807, 2.05) is 0 Å². The fourth-order valence-electron chi connectivity index (χ4n) is 8.98. The summed E-state index contributed by atoms with van der Waals surface area (Å²) in [5.41, 5.74) is 2.06. The Kier molecular flexibility index (Phi) is 6.50. The molecular weight excluding hydrogens is 368 g/mol. The van der Waals surface area contributed by atoms with Gasteiger partial charge in [-0.1, -0.05) is 60.0 Å². The Morgan fingerprint density at radius 3 is 2.50 bits per heavy atom. The summed E-state index contributed by atoms with van der Waals surface area (Å²) in [6, 6.07) is 0. The van der Waals surface area contributed by atoms with Crippen LogP contribution in [0.25, 0.3) is 0 Å². The van der Waals surface area contributed by atoms with E-state index in [0.29, 0.717) is 5.41 Å². The minimum Gasteiger partial charge on any atom is -0.386 e. The zero-order valence-corrected chi connectivity index (χ0v) is 20.6. The molecule has 0 spiro atoms. The third kappa shape index (κ3) is 3.62. The van der Waals surface area contributed by atoms with E-state index in [1.165, 1.54) is 63.4 Å². The van der Waals surface area contributed by atoms with E-state index in [2.05, 4.69) is 40.7 Å². The Hall–Kier alpha value is -0.340. The van der Waals surface area contributed by atoms with Crippen molar-refractivity contribution < 1.29 is 9.84 Å². The fraction of sp³-hybridized carbons (Fsp3) is 0.929. The number of hydrogen-bond acceptors (Lipinski definition) is 2. The number of allylic oxidation sites excluding steroid dienone is 1. The van der Waals surface area contributed by atoms with E-state index in [0.717, 1.165) is 41.9 Å². The van der Waals surface area contributed by atoms with E-state index in [4.69, 9.17) is 4.74 Å². The highest BCUT2D eigenvalue weighted by atomic mass is 16.5. The molecule has 0 bridgehead atoms. The van der Waals surface area contributed by atoms with Crippen LogP contribution in [0.2, 0.25) is 0 Å². The lowest BCUT2D eigenvalue weighted by Crippen LogP contribution is -2.54. The third-order valence-electron chi connectivity index (χ3n) is 10.6. The second-order valence-electron chi connectivity index (χ2n) is 12.5. The minimum atomic E-state index is -0.389. The first-order valence-corrected chi connectivity index (χ1v) is 13.1. The molecule has 0 radical (unpaired) electrons. The predicted molar refractivity (Wildman–Crippen MR) is 125 cm³/mol. The molecule has 0 saturated heterocycles. The van der Waals surface area contributed by atoms with Crippen LogP contribution in [0.15, 0.2) is 11.6 Å². The van der Waals surface area contributed by atoms with Crippen LogP contribution in [-0.2, 0) is 4.74 Å². The van der Waals surface area contributed by atoms with Crippen molar-refractivity contribution in [3.05, 3.63) is 11.6 Å². The summed E-state index contributed by atoms with van der Waals surface area (Å²) in [5.74, 6) is 5.12. The zero-order chi connectivity index (χ0) is 21.7.